The number of benzene rings is 2. The number of hydrogen-bond donors (Lipinski definition) is 2. The van der Waals surface area contributed by atoms with Gasteiger partial charge < -0.3 is 20.1 Å². The number of allylic oxidation sites excluding steroid dienone is 1. The summed E-state index contributed by atoms with van der Waals surface area (Å²) in [6.07, 6.45) is 3.65. The van der Waals surface area contributed by atoms with Gasteiger partial charge in [-0.15, -0.1) is 6.58 Å². The van der Waals surface area contributed by atoms with Gasteiger partial charge in [-0.25, -0.2) is 9.59 Å². The molecule has 2 amide bonds. The first-order chi connectivity index (χ1) is 16.9. The molecule has 0 radical (unpaired) electrons. The largest absolute Gasteiger partial charge is 0.480 e. The standard InChI is InChI=1S/C28H32N2O5/c1-3-4-15-24(25(31)30-17-10-9-16-28(30,2)26(32)33)29-27(34)35-18-23-21-13-7-5-11-19(21)20-12-6-8-14-22(20)23/h3,5-8,11-14,23-24H,1,4,9-10,15-18H2,2H3,(H,29,34)(H,32,33). The van der Waals surface area contributed by atoms with Gasteiger partial charge in [-0.05, 0) is 61.3 Å². The Balaban J connectivity index is 1.46. The number of piperidine rings is 1. The van der Waals surface area contributed by atoms with E-state index in [4.69, 9.17) is 4.74 Å². The highest BCUT2D eigenvalue weighted by Crippen LogP contribution is 2.44. The van der Waals surface area contributed by atoms with Gasteiger partial charge in [0.2, 0.25) is 5.91 Å². The van der Waals surface area contributed by atoms with Crippen molar-refractivity contribution in [2.24, 2.45) is 0 Å². The first-order valence-electron chi connectivity index (χ1n) is 12.1. The molecular weight excluding hydrogens is 444 g/mol. The molecule has 0 spiro atoms. The molecule has 1 heterocycles. The van der Waals surface area contributed by atoms with Crippen LogP contribution in [0.4, 0.5) is 4.79 Å². The minimum atomic E-state index is -1.29. The van der Waals surface area contributed by atoms with Gasteiger partial charge in [0.25, 0.3) is 0 Å². The molecule has 4 rings (SSSR count). The van der Waals surface area contributed by atoms with Crippen LogP contribution in [0.1, 0.15) is 56.1 Å². The number of carboxylic acids is 1. The summed E-state index contributed by atoms with van der Waals surface area (Å²) >= 11 is 0. The third-order valence-corrected chi connectivity index (χ3v) is 7.21. The number of carbonyl (C=O) groups is 3. The maximum absolute atomic E-state index is 13.4. The van der Waals surface area contributed by atoms with Crippen LogP contribution in [0.25, 0.3) is 11.1 Å². The molecule has 0 saturated carbocycles. The number of fused-ring (bicyclic) bond motifs is 3. The fourth-order valence-corrected chi connectivity index (χ4v) is 5.21. The topological polar surface area (TPSA) is 95.9 Å². The van der Waals surface area contributed by atoms with E-state index in [2.05, 4.69) is 24.0 Å². The van der Waals surface area contributed by atoms with E-state index in [9.17, 15) is 19.5 Å². The Bertz CT molecular complexity index is 1080. The molecule has 0 bridgehead atoms. The molecule has 0 aromatic heterocycles. The summed E-state index contributed by atoms with van der Waals surface area (Å²) in [7, 11) is 0. The number of hydrogen-bond acceptors (Lipinski definition) is 4. The van der Waals surface area contributed by atoms with Crippen LogP contribution in [-0.4, -0.2) is 52.7 Å². The van der Waals surface area contributed by atoms with Crippen molar-refractivity contribution in [1.82, 2.24) is 10.2 Å². The summed E-state index contributed by atoms with van der Waals surface area (Å²) in [4.78, 5) is 39.6. The molecule has 2 N–H and O–H groups in total. The predicted octanol–water partition coefficient (Wildman–Crippen LogP) is 4.72. The van der Waals surface area contributed by atoms with Crippen molar-refractivity contribution < 1.29 is 24.2 Å². The second-order valence-corrected chi connectivity index (χ2v) is 9.41. The van der Waals surface area contributed by atoms with E-state index >= 15 is 0 Å². The SMILES string of the molecule is C=CCCC(NC(=O)OCC1c2ccccc2-c2ccccc21)C(=O)N1CCCCC1(C)C(=O)O. The fourth-order valence-electron chi connectivity index (χ4n) is 5.21. The van der Waals surface area contributed by atoms with Gasteiger partial charge in [0, 0.05) is 12.5 Å². The summed E-state index contributed by atoms with van der Waals surface area (Å²) < 4.78 is 5.62. The minimum absolute atomic E-state index is 0.0899. The molecule has 2 aromatic rings. The number of alkyl carbamates (subject to hydrolysis) is 1. The predicted molar refractivity (Wildman–Crippen MR) is 133 cm³/mol. The number of carboxylic acid groups (broad SMARTS) is 1. The number of rotatable bonds is 8. The van der Waals surface area contributed by atoms with Crippen molar-refractivity contribution in [2.45, 2.75) is 56.5 Å². The Morgan fingerprint density at radius 2 is 1.77 bits per heavy atom. The van der Waals surface area contributed by atoms with Crippen LogP contribution in [0.3, 0.4) is 0 Å². The monoisotopic (exact) mass is 476 g/mol. The van der Waals surface area contributed by atoms with Crippen LogP contribution in [0, 0.1) is 0 Å². The van der Waals surface area contributed by atoms with E-state index < -0.39 is 29.6 Å². The highest BCUT2D eigenvalue weighted by Gasteiger charge is 2.45. The Labute approximate surface area is 205 Å². The lowest BCUT2D eigenvalue weighted by Crippen LogP contribution is -2.61. The molecule has 1 fully saturated rings. The molecule has 1 saturated heterocycles. The molecule has 7 nitrogen and oxygen atoms in total. The molecule has 35 heavy (non-hydrogen) atoms. The zero-order valence-electron chi connectivity index (χ0n) is 20.0. The maximum Gasteiger partial charge on any atom is 0.407 e. The van der Waals surface area contributed by atoms with Crippen LogP contribution < -0.4 is 5.32 Å². The molecule has 1 aliphatic carbocycles. The number of carbonyl (C=O) groups excluding carboxylic acids is 2. The number of aliphatic carboxylic acids is 1. The lowest BCUT2D eigenvalue weighted by Gasteiger charge is -2.43. The molecule has 2 aromatic carbocycles. The van der Waals surface area contributed by atoms with Gasteiger partial charge in [0.1, 0.15) is 18.2 Å². The Morgan fingerprint density at radius 1 is 1.14 bits per heavy atom. The minimum Gasteiger partial charge on any atom is -0.480 e. The van der Waals surface area contributed by atoms with Gasteiger partial charge in [0.05, 0.1) is 0 Å². The molecule has 7 heteroatoms. The number of ether oxygens (including phenoxy) is 1. The summed E-state index contributed by atoms with van der Waals surface area (Å²) in [5, 5.41) is 12.5. The van der Waals surface area contributed by atoms with Crippen molar-refractivity contribution in [3.05, 3.63) is 72.3 Å². The highest BCUT2D eigenvalue weighted by atomic mass is 16.5. The van der Waals surface area contributed by atoms with Crippen molar-refractivity contribution in [2.75, 3.05) is 13.2 Å². The quantitative estimate of drug-likeness (QED) is 0.538. The van der Waals surface area contributed by atoms with Crippen molar-refractivity contribution in [3.63, 3.8) is 0 Å². The van der Waals surface area contributed by atoms with E-state index in [-0.39, 0.29) is 12.5 Å². The molecule has 2 atom stereocenters. The Morgan fingerprint density at radius 3 is 2.37 bits per heavy atom. The second-order valence-electron chi connectivity index (χ2n) is 9.41. The number of likely N-dealkylation sites (tertiary alicyclic amines) is 1. The summed E-state index contributed by atoms with van der Waals surface area (Å²) in [6.45, 7) is 5.77. The zero-order valence-corrected chi connectivity index (χ0v) is 20.0. The van der Waals surface area contributed by atoms with Gasteiger partial charge in [0.15, 0.2) is 0 Å². The van der Waals surface area contributed by atoms with E-state index in [0.717, 1.165) is 35.1 Å². The van der Waals surface area contributed by atoms with Crippen LogP contribution >= 0.6 is 0 Å². The molecule has 184 valence electrons. The van der Waals surface area contributed by atoms with Crippen LogP contribution in [0.15, 0.2) is 61.2 Å². The maximum atomic E-state index is 13.4. The highest BCUT2D eigenvalue weighted by molar-refractivity contribution is 5.91. The first-order valence-corrected chi connectivity index (χ1v) is 12.1. The van der Waals surface area contributed by atoms with Gasteiger partial charge >= 0.3 is 12.1 Å². The fraction of sp³-hybridized carbons (Fsp3) is 0.393. The molecule has 2 aliphatic rings. The van der Waals surface area contributed by atoms with Crippen LogP contribution in [0.5, 0.6) is 0 Å². The number of amides is 2. The third kappa shape index (κ3) is 4.81. The Hall–Kier alpha value is -3.61. The lowest BCUT2D eigenvalue weighted by atomic mass is 9.87. The van der Waals surface area contributed by atoms with Gasteiger partial charge in [-0.3, -0.25) is 4.79 Å². The summed E-state index contributed by atoms with van der Waals surface area (Å²) in [6, 6.07) is 15.3. The lowest BCUT2D eigenvalue weighted by molar-refractivity contribution is -0.161. The number of nitrogens with zero attached hydrogens (tertiary/aromatic N) is 1. The summed E-state index contributed by atoms with van der Waals surface area (Å²) in [5.41, 5.74) is 3.19. The van der Waals surface area contributed by atoms with E-state index in [1.165, 1.54) is 4.90 Å². The molecular formula is C28H32N2O5. The van der Waals surface area contributed by atoms with Crippen LogP contribution in [0.2, 0.25) is 0 Å². The van der Waals surface area contributed by atoms with Crippen molar-refractivity contribution in [1.29, 1.82) is 0 Å². The van der Waals surface area contributed by atoms with E-state index in [1.54, 1.807) is 13.0 Å². The van der Waals surface area contributed by atoms with Crippen LogP contribution in [-0.2, 0) is 14.3 Å². The average Bonchev–Trinajstić information content (AvgIpc) is 3.18. The Kier molecular flexibility index (Phi) is 7.24. The van der Waals surface area contributed by atoms with Gasteiger partial charge in [-0.2, -0.15) is 0 Å². The summed E-state index contributed by atoms with van der Waals surface area (Å²) in [5.74, 6) is -1.52. The molecule has 1 aliphatic heterocycles. The normalized spacial score (nSPS) is 19.9. The average molecular weight is 477 g/mol. The smallest absolute Gasteiger partial charge is 0.407 e. The zero-order chi connectivity index (χ0) is 25.0. The first kappa shape index (κ1) is 24.5. The second kappa shape index (κ2) is 10.3. The third-order valence-electron chi connectivity index (χ3n) is 7.21. The van der Waals surface area contributed by atoms with Crippen molar-refractivity contribution >= 4 is 18.0 Å². The van der Waals surface area contributed by atoms with E-state index in [0.29, 0.717) is 25.8 Å². The number of nitrogens with one attached hydrogen (secondary N) is 1. The van der Waals surface area contributed by atoms with Gasteiger partial charge in [-0.1, -0.05) is 54.6 Å². The molecule has 2 unspecified atom stereocenters. The van der Waals surface area contributed by atoms with E-state index in [1.807, 2.05) is 36.4 Å². The van der Waals surface area contributed by atoms with Crippen molar-refractivity contribution in [3.8, 4) is 11.1 Å².